The van der Waals surface area contributed by atoms with Gasteiger partial charge in [0.25, 0.3) is 5.91 Å². The Kier molecular flexibility index (Phi) is 9.02. The largest absolute Gasteiger partial charge is 0.340 e. The van der Waals surface area contributed by atoms with Gasteiger partial charge in [-0.3, -0.25) is 9.59 Å². The SMILES string of the molecule is CCN(CC)C(=O)/C=C/C(=C/[Si](C)(C)C)C(=O)N(CC)CC. The van der Waals surface area contributed by atoms with Crippen LogP contribution in [0.5, 0.6) is 0 Å². The Morgan fingerprint density at radius 3 is 1.64 bits per heavy atom. The number of rotatable bonds is 8. The predicted octanol–water partition coefficient (Wildman–Crippen LogP) is 3.08. The maximum absolute atomic E-state index is 12.6. The second-order valence-corrected chi connectivity index (χ2v) is 11.3. The minimum absolute atomic E-state index is 0.0102. The molecule has 0 rings (SSSR count). The second kappa shape index (κ2) is 9.61. The van der Waals surface area contributed by atoms with E-state index in [1.54, 1.807) is 15.9 Å². The summed E-state index contributed by atoms with van der Waals surface area (Å²) in [6.45, 7) is 17.1. The number of likely N-dealkylation sites (N-methyl/N-ethyl adjacent to an activating group) is 2. The standard InChI is InChI=1S/C17H32N2O2Si/c1-8-18(9-2)16(20)13-12-15(14-22(5,6)7)17(21)19(10-3)11-4/h12-14H,8-11H2,1-7H3/b13-12+,15-14-. The molecule has 2 amide bonds. The van der Waals surface area contributed by atoms with E-state index >= 15 is 0 Å². The molecule has 0 saturated heterocycles. The maximum Gasteiger partial charge on any atom is 0.253 e. The normalized spacial score (nSPS) is 12.6. The number of nitrogens with zero attached hydrogens (tertiary/aromatic N) is 2. The van der Waals surface area contributed by atoms with Crippen molar-refractivity contribution in [3.05, 3.63) is 23.4 Å². The minimum Gasteiger partial charge on any atom is -0.340 e. The molecule has 0 bridgehead atoms. The van der Waals surface area contributed by atoms with Crippen LogP contribution in [-0.2, 0) is 9.59 Å². The monoisotopic (exact) mass is 324 g/mol. The van der Waals surface area contributed by atoms with Crippen LogP contribution in [0.15, 0.2) is 23.4 Å². The number of carbonyl (C=O) groups is 2. The third kappa shape index (κ3) is 7.07. The predicted molar refractivity (Wildman–Crippen MR) is 96.4 cm³/mol. The van der Waals surface area contributed by atoms with E-state index in [0.717, 1.165) is 0 Å². The zero-order valence-corrected chi connectivity index (χ0v) is 16.3. The third-order valence-corrected chi connectivity index (χ3v) is 4.54. The average Bonchev–Trinajstić information content (AvgIpc) is 2.44. The van der Waals surface area contributed by atoms with E-state index < -0.39 is 8.07 Å². The van der Waals surface area contributed by atoms with Gasteiger partial charge in [0.05, 0.1) is 8.07 Å². The zero-order valence-electron chi connectivity index (χ0n) is 15.3. The van der Waals surface area contributed by atoms with Gasteiger partial charge >= 0.3 is 0 Å². The summed E-state index contributed by atoms with van der Waals surface area (Å²) < 4.78 is 0. The summed E-state index contributed by atoms with van der Waals surface area (Å²) >= 11 is 0. The van der Waals surface area contributed by atoms with Crippen LogP contribution in [0.25, 0.3) is 0 Å². The summed E-state index contributed by atoms with van der Waals surface area (Å²) in [5, 5.41) is 0. The van der Waals surface area contributed by atoms with Gasteiger partial charge in [0.2, 0.25) is 5.91 Å². The summed E-state index contributed by atoms with van der Waals surface area (Å²) in [6, 6.07) is 0. The van der Waals surface area contributed by atoms with Gasteiger partial charge in [-0.1, -0.05) is 25.3 Å². The second-order valence-electron chi connectivity index (χ2n) is 6.29. The lowest BCUT2D eigenvalue weighted by molar-refractivity contribution is -0.126. The molecule has 4 nitrogen and oxygen atoms in total. The number of amides is 2. The Bertz CT molecular complexity index is 428. The third-order valence-electron chi connectivity index (χ3n) is 3.37. The van der Waals surface area contributed by atoms with Crippen molar-refractivity contribution in [3.8, 4) is 0 Å². The lowest BCUT2D eigenvalue weighted by Gasteiger charge is -2.21. The molecule has 0 aromatic heterocycles. The van der Waals surface area contributed by atoms with Crippen molar-refractivity contribution in [2.75, 3.05) is 26.2 Å². The Morgan fingerprint density at radius 2 is 1.27 bits per heavy atom. The van der Waals surface area contributed by atoms with Gasteiger partial charge in [0, 0.05) is 37.8 Å². The van der Waals surface area contributed by atoms with E-state index in [9.17, 15) is 9.59 Å². The van der Waals surface area contributed by atoms with E-state index in [1.165, 1.54) is 6.08 Å². The van der Waals surface area contributed by atoms with Crippen LogP contribution in [-0.4, -0.2) is 55.9 Å². The first-order valence-corrected chi connectivity index (χ1v) is 11.8. The van der Waals surface area contributed by atoms with Crippen LogP contribution in [0, 0.1) is 0 Å². The Hall–Kier alpha value is -1.36. The van der Waals surface area contributed by atoms with Crippen LogP contribution in [0.2, 0.25) is 19.6 Å². The van der Waals surface area contributed by atoms with Crippen molar-refractivity contribution in [1.82, 2.24) is 9.80 Å². The first kappa shape index (κ1) is 20.6. The van der Waals surface area contributed by atoms with Crippen LogP contribution < -0.4 is 0 Å². The fraction of sp³-hybridized carbons (Fsp3) is 0.647. The van der Waals surface area contributed by atoms with E-state index in [-0.39, 0.29) is 11.8 Å². The lowest BCUT2D eigenvalue weighted by atomic mass is 10.2. The molecule has 0 aliphatic heterocycles. The first-order valence-electron chi connectivity index (χ1n) is 8.19. The highest BCUT2D eigenvalue weighted by Crippen LogP contribution is 2.12. The smallest absolute Gasteiger partial charge is 0.253 e. The average molecular weight is 325 g/mol. The molecule has 0 radical (unpaired) electrons. The van der Waals surface area contributed by atoms with Crippen molar-refractivity contribution < 1.29 is 9.59 Å². The van der Waals surface area contributed by atoms with Gasteiger partial charge in [0.1, 0.15) is 0 Å². The van der Waals surface area contributed by atoms with Gasteiger partial charge in [-0.25, -0.2) is 0 Å². The number of hydrogen-bond acceptors (Lipinski definition) is 2. The molecular formula is C17H32N2O2Si. The molecule has 5 heteroatoms. The molecule has 0 aliphatic rings. The van der Waals surface area contributed by atoms with Crippen molar-refractivity contribution in [3.63, 3.8) is 0 Å². The van der Waals surface area contributed by atoms with E-state index in [0.29, 0.717) is 31.8 Å². The fourth-order valence-electron chi connectivity index (χ4n) is 2.14. The Balaban J connectivity index is 5.41. The molecule has 0 fully saturated rings. The molecule has 0 atom stereocenters. The summed E-state index contributed by atoms with van der Waals surface area (Å²) in [5.41, 5.74) is 2.71. The molecule has 0 N–H and O–H groups in total. The van der Waals surface area contributed by atoms with Gasteiger partial charge in [-0.05, 0) is 33.8 Å². The molecule has 0 aromatic rings. The molecule has 0 saturated carbocycles. The molecular weight excluding hydrogens is 292 g/mol. The zero-order chi connectivity index (χ0) is 17.3. The summed E-state index contributed by atoms with van der Waals surface area (Å²) in [6.07, 6.45) is 3.22. The van der Waals surface area contributed by atoms with Crippen LogP contribution >= 0.6 is 0 Å². The summed E-state index contributed by atoms with van der Waals surface area (Å²) in [5.74, 6) is -0.0326. The Morgan fingerprint density at radius 1 is 0.818 bits per heavy atom. The van der Waals surface area contributed by atoms with Gasteiger partial charge in [0.15, 0.2) is 0 Å². The molecule has 0 unspecified atom stereocenters. The topological polar surface area (TPSA) is 40.6 Å². The summed E-state index contributed by atoms with van der Waals surface area (Å²) in [7, 11) is -1.56. The first-order chi connectivity index (χ1) is 10.2. The molecule has 126 valence electrons. The van der Waals surface area contributed by atoms with Crippen molar-refractivity contribution in [2.45, 2.75) is 47.3 Å². The van der Waals surface area contributed by atoms with Crippen LogP contribution in [0.1, 0.15) is 27.7 Å². The van der Waals surface area contributed by atoms with E-state index in [2.05, 4.69) is 25.3 Å². The van der Waals surface area contributed by atoms with Crippen molar-refractivity contribution in [1.29, 1.82) is 0 Å². The van der Waals surface area contributed by atoms with Gasteiger partial charge in [-0.2, -0.15) is 0 Å². The lowest BCUT2D eigenvalue weighted by Crippen LogP contribution is -2.33. The van der Waals surface area contributed by atoms with Gasteiger partial charge < -0.3 is 9.80 Å². The van der Waals surface area contributed by atoms with E-state index in [1.807, 2.05) is 27.7 Å². The van der Waals surface area contributed by atoms with Crippen LogP contribution in [0.3, 0.4) is 0 Å². The molecule has 0 aliphatic carbocycles. The molecule has 22 heavy (non-hydrogen) atoms. The minimum atomic E-state index is -1.56. The highest BCUT2D eigenvalue weighted by atomic mass is 28.3. The molecule has 0 aromatic carbocycles. The maximum atomic E-state index is 12.6. The Labute approximate surface area is 136 Å². The van der Waals surface area contributed by atoms with Crippen molar-refractivity contribution >= 4 is 19.9 Å². The number of hydrogen-bond donors (Lipinski definition) is 0. The quantitative estimate of drug-likeness (QED) is 0.391. The molecule has 0 spiro atoms. The fourth-order valence-corrected chi connectivity index (χ4v) is 3.30. The molecule has 0 heterocycles. The van der Waals surface area contributed by atoms with Crippen LogP contribution in [0.4, 0.5) is 0 Å². The highest BCUT2D eigenvalue weighted by molar-refractivity contribution is 6.81. The van der Waals surface area contributed by atoms with E-state index in [4.69, 9.17) is 0 Å². The summed E-state index contributed by atoms with van der Waals surface area (Å²) in [4.78, 5) is 28.2. The van der Waals surface area contributed by atoms with Crippen molar-refractivity contribution in [2.24, 2.45) is 0 Å². The highest BCUT2D eigenvalue weighted by Gasteiger charge is 2.18. The van der Waals surface area contributed by atoms with Gasteiger partial charge in [-0.15, -0.1) is 0 Å². The number of carbonyl (C=O) groups excluding carboxylic acids is 2.